The second-order valence-corrected chi connectivity index (χ2v) is 9.03. The maximum atomic E-state index is 12.8. The predicted octanol–water partition coefficient (Wildman–Crippen LogP) is 5.25. The van der Waals surface area contributed by atoms with Gasteiger partial charge in [-0.1, -0.05) is 53.7 Å². The summed E-state index contributed by atoms with van der Waals surface area (Å²) in [5.41, 5.74) is 2.08. The van der Waals surface area contributed by atoms with E-state index in [4.69, 9.17) is 11.6 Å². The maximum Gasteiger partial charge on any atom is 0.233 e. The van der Waals surface area contributed by atoms with Gasteiger partial charge in [0.1, 0.15) is 5.82 Å². The lowest BCUT2D eigenvalue weighted by Crippen LogP contribution is -2.43. The minimum Gasteiger partial charge on any atom is -0.337 e. The van der Waals surface area contributed by atoms with Crippen molar-refractivity contribution in [1.82, 2.24) is 19.7 Å². The predicted molar refractivity (Wildman–Crippen MR) is 123 cm³/mol. The number of carbonyl (C=O) groups excluding carboxylic acids is 1. The Morgan fingerprint density at radius 1 is 1.00 bits per heavy atom. The standard InChI is InChI=1S/C23H27ClN4OS/c1-16(2)27(17(3)4)22(29)15-30-23-26-25-21(14-18-8-6-5-7-9-18)28(23)20-12-10-19(24)11-13-20/h5-13,16-17H,14-15H2,1-4H3. The fourth-order valence-electron chi connectivity index (χ4n) is 3.51. The van der Waals surface area contributed by atoms with Gasteiger partial charge >= 0.3 is 0 Å². The van der Waals surface area contributed by atoms with E-state index in [1.807, 2.05) is 79.6 Å². The highest BCUT2D eigenvalue weighted by Crippen LogP contribution is 2.25. The molecule has 0 saturated heterocycles. The van der Waals surface area contributed by atoms with Crippen LogP contribution in [0.15, 0.2) is 59.8 Å². The molecule has 0 fully saturated rings. The van der Waals surface area contributed by atoms with Crippen molar-refractivity contribution in [3.05, 3.63) is 71.0 Å². The largest absolute Gasteiger partial charge is 0.337 e. The number of benzene rings is 2. The summed E-state index contributed by atoms with van der Waals surface area (Å²) in [4.78, 5) is 14.7. The quantitative estimate of drug-likeness (QED) is 0.447. The second kappa shape index (κ2) is 10.1. The molecule has 0 radical (unpaired) electrons. The Labute approximate surface area is 187 Å². The molecule has 0 bridgehead atoms. The highest BCUT2D eigenvalue weighted by molar-refractivity contribution is 7.99. The summed E-state index contributed by atoms with van der Waals surface area (Å²) in [6.07, 6.45) is 0.648. The Morgan fingerprint density at radius 3 is 2.23 bits per heavy atom. The summed E-state index contributed by atoms with van der Waals surface area (Å²) >= 11 is 7.50. The molecule has 0 aliphatic rings. The van der Waals surface area contributed by atoms with Gasteiger partial charge in [0.15, 0.2) is 5.16 Å². The molecule has 0 saturated carbocycles. The van der Waals surface area contributed by atoms with Crippen LogP contribution in [0.3, 0.4) is 0 Å². The van der Waals surface area contributed by atoms with Gasteiger partial charge in [-0.05, 0) is 57.5 Å². The van der Waals surface area contributed by atoms with E-state index in [9.17, 15) is 4.79 Å². The summed E-state index contributed by atoms with van der Waals surface area (Å²) < 4.78 is 2.01. The number of aromatic nitrogens is 3. The number of hydrogen-bond donors (Lipinski definition) is 0. The number of nitrogens with zero attached hydrogens (tertiary/aromatic N) is 4. The summed E-state index contributed by atoms with van der Waals surface area (Å²) in [6.45, 7) is 8.15. The van der Waals surface area contributed by atoms with Gasteiger partial charge in [0.2, 0.25) is 5.91 Å². The smallest absolute Gasteiger partial charge is 0.233 e. The molecule has 5 nitrogen and oxygen atoms in total. The Bertz CT molecular complexity index is 963. The first-order valence-corrected chi connectivity index (χ1v) is 11.4. The summed E-state index contributed by atoms with van der Waals surface area (Å²) in [5, 5.41) is 10.2. The SMILES string of the molecule is CC(C)N(C(=O)CSc1nnc(Cc2ccccc2)n1-c1ccc(Cl)cc1)C(C)C. The van der Waals surface area contributed by atoms with Crippen molar-refractivity contribution in [2.45, 2.75) is 51.4 Å². The van der Waals surface area contributed by atoms with Gasteiger partial charge in [-0.2, -0.15) is 0 Å². The highest BCUT2D eigenvalue weighted by Gasteiger charge is 2.22. The first-order chi connectivity index (χ1) is 14.4. The lowest BCUT2D eigenvalue weighted by molar-refractivity contribution is -0.131. The third-order valence-electron chi connectivity index (χ3n) is 4.72. The molecule has 158 valence electrons. The Kier molecular flexibility index (Phi) is 7.56. The van der Waals surface area contributed by atoms with Crippen molar-refractivity contribution < 1.29 is 4.79 Å². The van der Waals surface area contributed by atoms with Gasteiger partial charge in [-0.25, -0.2) is 0 Å². The van der Waals surface area contributed by atoms with E-state index in [1.54, 1.807) is 0 Å². The minimum absolute atomic E-state index is 0.0975. The molecule has 7 heteroatoms. The van der Waals surface area contributed by atoms with Crippen molar-refractivity contribution in [1.29, 1.82) is 0 Å². The van der Waals surface area contributed by atoms with Crippen LogP contribution in [0.2, 0.25) is 5.02 Å². The monoisotopic (exact) mass is 442 g/mol. The van der Waals surface area contributed by atoms with E-state index < -0.39 is 0 Å². The van der Waals surface area contributed by atoms with E-state index in [-0.39, 0.29) is 18.0 Å². The Balaban J connectivity index is 1.88. The molecule has 0 spiro atoms. The molecule has 0 N–H and O–H groups in total. The fraction of sp³-hybridized carbons (Fsp3) is 0.348. The lowest BCUT2D eigenvalue weighted by Gasteiger charge is -2.30. The molecule has 3 aromatic rings. The van der Waals surface area contributed by atoms with Gasteiger partial charge in [0.25, 0.3) is 0 Å². The number of carbonyl (C=O) groups is 1. The number of halogens is 1. The van der Waals surface area contributed by atoms with Crippen LogP contribution in [0.4, 0.5) is 0 Å². The number of amides is 1. The van der Waals surface area contributed by atoms with Crippen molar-refractivity contribution in [2.75, 3.05) is 5.75 Å². The molecular weight excluding hydrogens is 416 g/mol. The zero-order valence-electron chi connectivity index (χ0n) is 17.7. The Morgan fingerprint density at radius 2 is 1.63 bits per heavy atom. The van der Waals surface area contributed by atoms with E-state index in [2.05, 4.69) is 22.3 Å². The molecule has 30 heavy (non-hydrogen) atoms. The van der Waals surface area contributed by atoms with Crippen LogP contribution in [0.5, 0.6) is 0 Å². The van der Waals surface area contributed by atoms with Crippen molar-refractivity contribution >= 4 is 29.3 Å². The average Bonchev–Trinajstić information content (AvgIpc) is 3.09. The molecule has 3 rings (SSSR count). The van der Waals surface area contributed by atoms with Crippen molar-refractivity contribution in [3.63, 3.8) is 0 Å². The van der Waals surface area contributed by atoms with Crippen molar-refractivity contribution in [3.8, 4) is 5.69 Å². The van der Waals surface area contributed by atoms with Gasteiger partial charge in [0, 0.05) is 29.2 Å². The molecule has 1 aromatic heterocycles. The van der Waals surface area contributed by atoms with Crippen LogP contribution in [0.1, 0.15) is 39.1 Å². The van der Waals surface area contributed by atoms with E-state index in [0.717, 1.165) is 17.1 Å². The molecule has 2 aromatic carbocycles. The molecule has 0 unspecified atom stereocenters. The first kappa shape index (κ1) is 22.4. The van der Waals surface area contributed by atoms with Gasteiger partial charge < -0.3 is 4.90 Å². The summed E-state index contributed by atoms with van der Waals surface area (Å²) in [6, 6.07) is 18.1. The molecule has 1 heterocycles. The molecule has 0 aliphatic carbocycles. The molecular formula is C23H27ClN4OS. The van der Waals surface area contributed by atoms with E-state index in [0.29, 0.717) is 22.4 Å². The number of rotatable bonds is 8. The fourth-order valence-corrected chi connectivity index (χ4v) is 4.48. The van der Waals surface area contributed by atoms with Gasteiger partial charge in [-0.3, -0.25) is 9.36 Å². The van der Waals surface area contributed by atoms with Gasteiger partial charge in [-0.15, -0.1) is 10.2 Å². The van der Waals surface area contributed by atoms with Crippen molar-refractivity contribution in [2.24, 2.45) is 0 Å². The molecule has 0 atom stereocenters. The second-order valence-electron chi connectivity index (χ2n) is 7.65. The van der Waals surface area contributed by atoms with Crippen LogP contribution < -0.4 is 0 Å². The van der Waals surface area contributed by atoms with Crippen LogP contribution in [-0.4, -0.2) is 43.4 Å². The van der Waals surface area contributed by atoms with Crippen LogP contribution in [0.25, 0.3) is 5.69 Å². The lowest BCUT2D eigenvalue weighted by atomic mass is 10.1. The van der Waals surface area contributed by atoms with E-state index in [1.165, 1.54) is 11.8 Å². The van der Waals surface area contributed by atoms with Gasteiger partial charge in [0.05, 0.1) is 5.75 Å². The summed E-state index contributed by atoms with van der Waals surface area (Å²) in [7, 11) is 0. The highest BCUT2D eigenvalue weighted by atomic mass is 35.5. The Hall–Kier alpha value is -2.31. The number of hydrogen-bond acceptors (Lipinski definition) is 4. The topological polar surface area (TPSA) is 51.0 Å². The van der Waals surface area contributed by atoms with Crippen LogP contribution in [0, 0.1) is 0 Å². The number of thioether (sulfide) groups is 1. The molecule has 1 amide bonds. The maximum absolute atomic E-state index is 12.8. The molecule has 0 aliphatic heterocycles. The zero-order valence-corrected chi connectivity index (χ0v) is 19.3. The van der Waals surface area contributed by atoms with E-state index >= 15 is 0 Å². The van der Waals surface area contributed by atoms with Crippen LogP contribution >= 0.6 is 23.4 Å². The minimum atomic E-state index is 0.0975. The van der Waals surface area contributed by atoms with Crippen LogP contribution in [-0.2, 0) is 11.2 Å². The average molecular weight is 443 g/mol. The third-order valence-corrected chi connectivity index (χ3v) is 5.88. The first-order valence-electron chi connectivity index (χ1n) is 10.0. The summed E-state index contributed by atoms with van der Waals surface area (Å²) in [5.74, 6) is 1.23. The normalized spacial score (nSPS) is 11.3. The third kappa shape index (κ3) is 5.43. The zero-order chi connectivity index (χ0) is 21.7.